The third-order valence-corrected chi connectivity index (χ3v) is 3.68. The lowest BCUT2D eigenvalue weighted by Gasteiger charge is -2.13. The minimum Gasteiger partial charge on any atom is -0.366 e. The molecule has 0 radical (unpaired) electrons. The predicted molar refractivity (Wildman–Crippen MR) is 90.1 cm³/mol. The van der Waals surface area contributed by atoms with Crippen molar-refractivity contribution >= 4 is 34.0 Å². The molecule has 0 spiro atoms. The molecule has 2 rings (SSSR count). The van der Waals surface area contributed by atoms with Crippen molar-refractivity contribution in [2.24, 2.45) is 5.73 Å². The van der Waals surface area contributed by atoms with E-state index in [0.717, 1.165) is 5.56 Å². The first-order chi connectivity index (χ1) is 11.0. The summed E-state index contributed by atoms with van der Waals surface area (Å²) in [5.74, 6) is -1.07. The highest BCUT2D eigenvalue weighted by Crippen LogP contribution is 2.16. The first kappa shape index (κ1) is 16.9. The third kappa shape index (κ3) is 4.75. The van der Waals surface area contributed by atoms with Crippen LogP contribution in [0.15, 0.2) is 53.0 Å². The number of carbonyl (C=O) groups is 3. The number of hydrogen-bond donors (Lipinski definition) is 2. The molecule has 0 unspecified atom stereocenters. The van der Waals surface area contributed by atoms with Crippen LogP contribution in [0, 0.1) is 0 Å². The highest BCUT2D eigenvalue weighted by atomic mass is 79.9. The van der Waals surface area contributed by atoms with Crippen molar-refractivity contribution in [2.75, 3.05) is 0 Å². The van der Waals surface area contributed by atoms with Gasteiger partial charge in [-0.25, -0.2) is 0 Å². The molecule has 0 fully saturated rings. The van der Waals surface area contributed by atoms with Gasteiger partial charge in [0.2, 0.25) is 5.91 Å². The summed E-state index contributed by atoms with van der Waals surface area (Å²) in [6, 6.07) is 13.2. The van der Waals surface area contributed by atoms with Crippen molar-refractivity contribution in [1.82, 2.24) is 5.32 Å². The molecule has 3 N–H and O–H groups in total. The number of primary amides is 1. The van der Waals surface area contributed by atoms with E-state index in [2.05, 4.69) is 21.2 Å². The second kappa shape index (κ2) is 7.69. The summed E-state index contributed by atoms with van der Waals surface area (Å²) in [5.41, 5.74) is 6.65. The fourth-order valence-corrected chi connectivity index (χ4v) is 2.61. The monoisotopic (exact) mass is 374 g/mol. The van der Waals surface area contributed by atoms with Crippen molar-refractivity contribution in [3.8, 4) is 0 Å². The van der Waals surface area contributed by atoms with E-state index in [1.165, 1.54) is 12.1 Å². The predicted octanol–water partition coefficient (Wildman–Crippen LogP) is 2.09. The lowest BCUT2D eigenvalue weighted by atomic mass is 10.1. The van der Waals surface area contributed by atoms with Gasteiger partial charge in [-0.1, -0.05) is 46.3 Å². The summed E-state index contributed by atoms with van der Waals surface area (Å²) in [5, 5.41) is 2.64. The molecule has 6 heteroatoms. The zero-order chi connectivity index (χ0) is 16.8. The Morgan fingerprint density at radius 3 is 2.39 bits per heavy atom. The first-order valence-corrected chi connectivity index (χ1v) is 7.69. The molecule has 0 aliphatic carbocycles. The van der Waals surface area contributed by atoms with Crippen LogP contribution in [0.5, 0.6) is 0 Å². The molecule has 5 nitrogen and oxygen atoms in total. The molecular weight excluding hydrogens is 360 g/mol. The Morgan fingerprint density at radius 1 is 1.13 bits per heavy atom. The molecule has 0 bridgehead atoms. The van der Waals surface area contributed by atoms with E-state index >= 15 is 0 Å². The van der Waals surface area contributed by atoms with Crippen LogP contribution >= 0.6 is 15.9 Å². The summed E-state index contributed by atoms with van der Waals surface area (Å²) in [6.07, 6.45) is 1.09. The summed E-state index contributed by atoms with van der Waals surface area (Å²) in [4.78, 5) is 34.8. The number of nitrogens with one attached hydrogen (secondary N) is 1. The Bertz CT molecular complexity index is 732. The molecule has 0 aliphatic heterocycles. The molecule has 118 valence electrons. The quantitative estimate of drug-likeness (QED) is 0.758. The second-order valence-electron chi connectivity index (χ2n) is 5.00. The Balaban J connectivity index is 2.13. The summed E-state index contributed by atoms with van der Waals surface area (Å²) in [7, 11) is 0. The fourth-order valence-electron chi connectivity index (χ4n) is 2.12. The highest BCUT2D eigenvalue weighted by Gasteiger charge is 2.15. The smallest absolute Gasteiger partial charge is 0.251 e. The molecule has 0 heterocycles. The Morgan fingerprint density at radius 2 is 1.78 bits per heavy atom. The number of amides is 2. The molecule has 0 saturated carbocycles. The first-order valence-electron chi connectivity index (χ1n) is 6.90. The van der Waals surface area contributed by atoms with Crippen LogP contribution in [0.2, 0.25) is 0 Å². The van der Waals surface area contributed by atoms with Crippen molar-refractivity contribution in [1.29, 1.82) is 0 Å². The van der Waals surface area contributed by atoms with Gasteiger partial charge in [0.05, 0.1) is 6.04 Å². The normalized spacial score (nSPS) is 11.5. The number of aldehydes is 1. The van der Waals surface area contributed by atoms with Gasteiger partial charge in [0.1, 0.15) is 6.29 Å². The number of nitrogens with two attached hydrogens (primary N) is 1. The molecule has 0 saturated heterocycles. The lowest BCUT2D eigenvalue weighted by molar-refractivity contribution is -0.109. The zero-order valence-corrected chi connectivity index (χ0v) is 13.7. The maximum Gasteiger partial charge on any atom is 0.251 e. The summed E-state index contributed by atoms with van der Waals surface area (Å²) >= 11 is 3.23. The molecule has 2 amide bonds. The number of rotatable bonds is 6. The van der Waals surface area contributed by atoms with Crippen LogP contribution < -0.4 is 11.1 Å². The van der Waals surface area contributed by atoms with E-state index in [1.807, 2.05) is 30.3 Å². The lowest BCUT2D eigenvalue weighted by Crippen LogP contribution is -2.37. The summed E-state index contributed by atoms with van der Waals surface area (Å²) < 4.78 is 0.560. The van der Waals surface area contributed by atoms with Gasteiger partial charge in [0.15, 0.2) is 0 Å². The largest absolute Gasteiger partial charge is 0.366 e. The van der Waals surface area contributed by atoms with Crippen molar-refractivity contribution in [2.45, 2.75) is 12.5 Å². The van der Waals surface area contributed by atoms with E-state index in [1.54, 1.807) is 6.07 Å². The van der Waals surface area contributed by atoms with Gasteiger partial charge in [0.25, 0.3) is 5.91 Å². The number of halogens is 1. The van der Waals surface area contributed by atoms with Crippen LogP contribution in [0.3, 0.4) is 0 Å². The standard InChI is InChI=1S/C17H15BrN2O3/c18-14-8-12(16(19)22)7-13(9-14)17(23)20-15(10-21)6-11-4-2-1-3-5-11/h1-5,7-10,15H,6H2,(H2,19,22)(H,20,23)/t15-/m0/s1. The van der Waals surface area contributed by atoms with Gasteiger partial charge < -0.3 is 15.8 Å². The Labute approximate surface area is 142 Å². The van der Waals surface area contributed by atoms with Gasteiger partial charge >= 0.3 is 0 Å². The van der Waals surface area contributed by atoms with Crippen LogP contribution in [0.25, 0.3) is 0 Å². The number of carbonyl (C=O) groups excluding carboxylic acids is 3. The molecule has 2 aromatic carbocycles. The maximum atomic E-state index is 12.3. The minimum atomic E-state index is -0.652. The van der Waals surface area contributed by atoms with Crippen LogP contribution in [0.4, 0.5) is 0 Å². The van der Waals surface area contributed by atoms with Crippen molar-refractivity contribution < 1.29 is 14.4 Å². The van der Waals surface area contributed by atoms with Crippen LogP contribution in [0.1, 0.15) is 26.3 Å². The van der Waals surface area contributed by atoms with Gasteiger partial charge in [-0.3, -0.25) is 9.59 Å². The van der Waals surface area contributed by atoms with E-state index in [-0.39, 0.29) is 11.1 Å². The van der Waals surface area contributed by atoms with E-state index in [9.17, 15) is 14.4 Å². The Kier molecular flexibility index (Phi) is 5.65. The summed E-state index contributed by atoms with van der Waals surface area (Å²) in [6.45, 7) is 0. The highest BCUT2D eigenvalue weighted by molar-refractivity contribution is 9.10. The van der Waals surface area contributed by atoms with Crippen LogP contribution in [-0.4, -0.2) is 24.1 Å². The van der Waals surface area contributed by atoms with Gasteiger partial charge in [-0.2, -0.15) is 0 Å². The minimum absolute atomic E-state index is 0.218. The SMILES string of the molecule is NC(=O)c1cc(Br)cc(C(=O)N[C@H](C=O)Cc2ccccc2)c1. The number of hydrogen-bond acceptors (Lipinski definition) is 3. The van der Waals surface area contributed by atoms with Gasteiger partial charge in [-0.15, -0.1) is 0 Å². The molecule has 2 aromatic rings. The van der Waals surface area contributed by atoms with Crippen LogP contribution in [-0.2, 0) is 11.2 Å². The molecule has 23 heavy (non-hydrogen) atoms. The second-order valence-corrected chi connectivity index (χ2v) is 5.91. The van der Waals surface area contributed by atoms with Gasteiger partial charge in [-0.05, 0) is 30.2 Å². The van der Waals surface area contributed by atoms with Crippen molar-refractivity contribution in [3.63, 3.8) is 0 Å². The van der Waals surface area contributed by atoms with E-state index < -0.39 is 17.9 Å². The van der Waals surface area contributed by atoms with E-state index in [4.69, 9.17) is 5.73 Å². The zero-order valence-electron chi connectivity index (χ0n) is 12.2. The van der Waals surface area contributed by atoms with E-state index in [0.29, 0.717) is 17.2 Å². The maximum absolute atomic E-state index is 12.3. The Hall–Kier alpha value is -2.47. The van der Waals surface area contributed by atoms with Gasteiger partial charge in [0, 0.05) is 15.6 Å². The third-order valence-electron chi connectivity index (χ3n) is 3.22. The average molecular weight is 375 g/mol. The van der Waals surface area contributed by atoms with Crippen molar-refractivity contribution in [3.05, 3.63) is 69.7 Å². The number of benzene rings is 2. The fraction of sp³-hybridized carbons (Fsp3) is 0.118. The average Bonchev–Trinajstić information content (AvgIpc) is 2.54. The molecular formula is C17H15BrN2O3. The molecule has 0 aliphatic rings. The topological polar surface area (TPSA) is 89.3 Å². The molecule has 1 atom stereocenters. The molecule has 0 aromatic heterocycles.